The minimum atomic E-state index is 0.135. The van der Waals surface area contributed by atoms with E-state index in [0.29, 0.717) is 6.04 Å². The molecule has 4 nitrogen and oxygen atoms in total. The maximum atomic E-state index is 12.2. The van der Waals surface area contributed by atoms with Gasteiger partial charge in [-0.2, -0.15) is 11.3 Å². The molecule has 0 radical (unpaired) electrons. The standard InChI is InChI=1S/C18H25N3OS/c1-20(2)8-9-21-17-5-4-16(11-15(17)3-6-18(21)22)19-12-14-7-10-23-13-14/h3,6-7,10,13,16,19H,4-5,8-9,11-12H2,1-2H3. The highest BCUT2D eigenvalue weighted by Gasteiger charge is 2.21. The lowest BCUT2D eigenvalue weighted by Crippen LogP contribution is -2.37. The van der Waals surface area contributed by atoms with E-state index >= 15 is 0 Å². The molecule has 0 aromatic carbocycles. The summed E-state index contributed by atoms with van der Waals surface area (Å²) in [6, 6.07) is 6.44. The first-order valence-corrected chi connectivity index (χ1v) is 9.18. The van der Waals surface area contributed by atoms with E-state index in [-0.39, 0.29) is 5.56 Å². The topological polar surface area (TPSA) is 37.3 Å². The van der Waals surface area contributed by atoms with Gasteiger partial charge >= 0.3 is 0 Å². The molecule has 0 aliphatic heterocycles. The zero-order chi connectivity index (χ0) is 16.2. The predicted octanol–water partition coefficient (Wildman–Crippen LogP) is 2.12. The Morgan fingerprint density at radius 2 is 2.22 bits per heavy atom. The molecule has 1 atom stereocenters. The lowest BCUT2D eigenvalue weighted by atomic mass is 9.91. The van der Waals surface area contributed by atoms with Gasteiger partial charge in [-0.3, -0.25) is 4.79 Å². The van der Waals surface area contributed by atoms with E-state index in [4.69, 9.17) is 0 Å². The summed E-state index contributed by atoms with van der Waals surface area (Å²) in [4.78, 5) is 14.3. The first-order chi connectivity index (χ1) is 11.1. The van der Waals surface area contributed by atoms with Gasteiger partial charge in [0, 0.05) is 37.4 Å². The van der Waals surface area contributed by atoms with E-state index in [0.717, 1.165) is 38.9 Å². The second kappa shape index (κ2) is 7.43. The molecule has 23 heavy (non-hydrogen) atoms. The van der Waals surface area contributed by atoms with Crippen molar-refractivity contribution < 1.29 is 0 Å². The van der Waals surface area contributed by atoms with Gasteiger partial charge in [-0.1, -0.05) is 6.07 Å². The summed E-state index contributed by atoms with van der Waals surface area (Å²) < 4.78 is 1.98. The average molecular weight is 331 g/mol. The van der Waals surface area contributed by atoms with Crippen LogP contribution in [0.4, 0.5) is 0 Å². The van der Waals surface area contributed by atoms with E-state index in [1.165, 1.54) is 16.8 Å². The highest BCUT2D eigenvalue weighted by molar-refractivity contribution is 7.07. The molecule has 124 valence electrons. The maximum absolute atomic E-state index is 12.2. The number of nitrogens with one attached hydrogen (secondary N) is 1. The molecule has 0 spiro atoms. The van der Waals surface area contributed by atoms with Crippen molar-refractivity contribution >= 4 is 11.3 Å². The van der Waals surface area contributed by atoms with Crippen LogP contribution in [0.25, 0.3) is 0 Å². The Kier molecular flexibility index (Phi) is 5.30. The van der Waals surface area contributed by atoms with Crippen LogP contribution in [0.15, 0.2) is 33.8 Å². The van der Waals surface area contributed by atoms with E-state index in [9.17, 15) is 4.79 Å². The van der Waals surface area contributed by atoms with Crippen molar-refractivity contribution in [3.8, 4) is 0 Å². The highest BCUT2D eigenvalue weighted by Crippen LogP contribution is 2.20. The summed E-state index contributed by atoms with van der Waals surface area (Å²) in [5.74, 6) is 0. The second-order valence-electron chi connectivity index (χ2n) is 6.55. The normalized spacial score (nSPS) is 17.4. The van der Waals surface area contributed by atoms with E-state index in [2.05, 4.69) is 27.0 Å². The van der Waals surface area contributed by atoms with Gasteiger partial charge in [0.15, 0.2) is 0 Å². The quantitative estimate of drug-likeness (QED) is 0.881. The monoisotopic (exact) mass is 331 g/mol. The third-order valence-electron chi connectivity index (χ3n) is 4.53. The predicted molar refractivity (Wildman–Crippen MR) is 96.2 cm³/mol. The number of hydrogen-bond donors (Lipinski definition) is 1. The van der Waals surface area contributed by atoms with Crippen molar-refractivity contribution in [3.05, 3.63) is 56.1 Å². The molecule has 0 saturated heterocycles. The highest BCUT2D eigenvalue weighted by atomic mass is 32.1. The maximum Gasteiger partial charge on any atom is 0.250 e. The first-order valence-electron chi connectivity index (χ1n) is 8.24. The fourth-order valence-electron chi connectivity index (χ4n) is 3.20. The van der Waals surface area contributed by atoms with Crippen LogP contribution in [-0.4, -0.2) is 36.1 Å². The minimum absolute atomic E-state index is 0.135. The van der Waals surface area contributed by atoms with Crippen molar-refractivity contribution in [3.63, 3.8) is 0 Å². The van der Waals surface area contributed by atoms with Crippen LogP contribution in [0, 0.1) is 0 Å². The van der Waals surface area contributed by atoms with Gasteiger partial charge in [0.05, 0.1) is 0 Å². The summed E-state index contributed by atoms with van der Waals surface area (Å²) in [7, 11) is 4.09. The molecule has 0 amide bonds. The Bertz CT molecular complexity index is 691. The Labute approximate surface area is 141 Å². The summed E-state index contributed by atoms with van der Waals surface area (Å²) in [6.45, 7) is 2.61. The molecule has 1 aliphatic rings. The van der Waals surface area contributed by atoms with Gasteiger partial charge in [-0.25, -0.2) is 0 Å². The average Bonchev–Trinajstić information content (AvgIpc) is 3.05. The molecule has 1 unspecified atom stereocenters. The van der Waals surface area contributed by atoms with Crippen molar-refractivity contribution in [1.82, 2.24) is 14.8 Å². The fourth-order valence-corrected chi connectivity index (χ4v) is 3.87. The number of fused-ring (bicyclic) bond motifs is 1. The minimum Gasteiger partial charge on any atom is -0.311 e. The number of nitrogens with zero attached hydrogens (tertiary/aromatic N) is 2. The molecule has 0 saturated carbocycles. The Balaban J connectivity index is 1.68. The molecule has 1 N–H and O–H groups in total. The van der Waals surface area contributed by atoms with Crippen molar-refractivity contribution in [2.24, 2.45) is 0 Å². The van der Waals surface area contributed by atoms with E-state index in [1.54, 1.807) is 17.4 Å². The molecular weight excluding hydrogens is 306 g/mol. The van der Waals surface area contributed by atoms with Gasteiger partial charge in [0.1, 0.15) is 0 Å². The van der Waals surface area contributed by atoms with Crippen LogP contribution in [0.1, 0.15) is 23.2 Å². The van der Waals surface area contributed by atoms with Crippen LogP contribution >= 0.6 is 11.3 Å². The van der Waals surface area contributed by atoms with Crippen LogP contribution < -0.4 is 10.9 Å². The van der Waals surface area contributed by atoms with E-state index < -0.39 is 0 Å². The van der Waals surface area contributed by atoms with Crippen LogP contribution in [-0.2, 0) is 25.9 Å². The van der Waals surface area contributed by atoms with Gasteiger partial charge in [-0.05, 0) is 61.3 Å². The fraction of sp³-hybridized carbons (Fsp3) is 0.500. The Morgan fingerprint density at radius 1 is 1.35 bits per heavy atom. The number of pyridine rings is 1. The molecular formula is C18H25N3OS. The Hall–Kier alpha value is -1.43. The molecule has 5 heteroatoms. The van der Waals surface area contributed by atoms with E-state index in [1.807, 2.05) is 24.7 Å². The summed E-state index contributed by atoms with van der Waals surface area (Å²) in [5, 5.41) is 7.98. The zero-order valence-electron chi connectivity index (χ0n) is 13.9. The van der Waals surface area contributed by atoms with Gasteiger partial charge in [0.25, 0.3) is 5.56 Å². The lowest BCUT2D eigenvalue weighted by Gasteiger charge is -2.28. The second-order valence-corrected chi connectivity index (χ2v) is 7.33. The zero-order valence-corrected chi connectivity index (χ0v) is 14.7. The molecule has 0 fully saturated rings. The molecule has 3 rings (SSSR count). The SMILES string of the molecule is CN(C)CCn1c2c(ccc1=O)CC(NCc1ccsc1)CC2. The van der Waals surface area contributed by atoms with Gasteiger partial charge in [0.2, 0.25) is 0 Å². The largest absolute Gasteiger partial charge is 0.311 e. The molecule has 0 bridgehead atoms. The lowest BCUT2D eigenvalue weighted by molar-refractivity contribution is 0.370. The third-order valence-corrected chi connectivity index (χ3v) is 5.26. The van der Waals surface area contributed by atoms with Crippen molar-refractivity contribution in [2.45, 2.75) is 38.4 Å². The summed E-state index contributed by atoms with van der Waals surface area (Å²) >= 11 is 1.74. The number of likely N-dealkylation sites (N-methyl/N-ethyl adjacent to an activating group) is 1. The summed E-state index contributed by atoms with van der Waals surface area (Å²) in [5.41, 5.74) is 4.07. The molecule has 2 heterocycles. The van der Waals surface area contributed by atoms with Crippen LogP contribution in [0.2, 0.25) is 0 Å². The number of thiophene rings is 1. The molecule has 2 aromatic rings. The number of aromatic nitrogens is 1. The van der Waals surface area contributed by atoms with Crippen molar-refractivity contribution in [2.75, 3.05) is 20.6 Å². The van der Waals surface area contributed by atoms with Gasteiger partial charge in [-0.15, -0.1) is 0 Å². The van der Waals surface area contributed by atoms with Crippen LogP contribution in [0.3, 0.4) is 0 Å². The molecule has 2 aromatic heterocycles. The van der Waals surface area contributed by atoms with Gasteiger partial charge < -0.3 is 14.8 Å². The van der Waals surface area contributed by atoms with Crippen molar-refractivity contribution in [1.29, 1.82) is 0 Å². The number of rotatable bonds is 6. The summed E-state index contributed by atoms with van der Waals surface area (Å²) in [6.07, 6.45) is 3.10. The molecule has 1 aliphatic carbocycles. The number of hydrogen-bond acceptors (Lipinski definition) is 4. The first kappa shape index (κ1) is 16.4. The van der Waals surface area contributed by atoms with Crippen LogP contribution in [0.5, 0.6) is 0 Å². The third kappa shape index (κ3) is 4.10. The smallest absolute Gasteiger partial charge is 0.250 e. The Morgan fingerprint density at radius 3 is 2.96 bits per heavy atom.